The van der Waals surface area contributed by atoms with Crippen molar-refractivity contribution in [1.82, 2.24) is 10.2 Å². The topological polar surface area (TPSA) is 52.6 Å². The minimum atomic E-state index is -0.564. The summed E-state index contributed by atoms with van der Waals surface area (Å²) in [6, 6.07) is 7.69. The van der Waals surface area contributed by atoms with Crippen molar-refractivity contribution >= 4 is 17.5 Å². The Bertz CT molecular complexity index is 505. The number of carbonyl (C=O) groups excluding carboxylic acids is 1. The first-order chi connectivity index (χ1) is 9.88. The fraction of sp³-hybridized carbons (Fsp3) is 0.562. The number of β-amino-alcohol motifs (C(OH)–C–C–N with tert-alkyl or cyclic N) is 1. The first-order valence-electron chi connectivity index (χ1n) is 7.35. The second kappa shape index (κ2) is 6.77. The lowest BCUT2D eigenvalue weighted by Gasteiger charge is -2.29. The van der Waals surface area contributed by atoms with Crippen LogP contribution in [0, 0.1) is 0 Å². The van der Waals surface area contributed by atoms with Crippen molar-refractivity contribution in [2.24, 2.45) is 0 Å². The Hall–Kier alpha value is -1.10. The van der Waals surface area contributed by atoms with E-state index in [1.807, 2.05) is 38.1 Å². The molecule has 0 bridgehead atoms. The SMILES string of the molecule is CC(C)(NC[C@H](O)CN1CCCC1=O)c1cccc(Cl)c1. The maximum absolute atomic E-state index is 11.5. The lowest BCUT2D eigenvalue weighted by atomic mass is 9.94. The molecule has 0 spiro atoms. The maximum Gasteiger partial charge on any atom is 0.222 e. The van der Waals surface area contributed by atoms with Crippen molar-refractivity contribution in [3.8, 4) is 0 Å². The Kier molecular flexibility index (Phi) is 5.25. The van der Waals surface area contributed by atoms with Crippen molar-refractivity contribution < 1.29 is 9.90 Å². The molecule has 2 rings (SSSR count). The van der Waals surface area contributed by atoms with E-state index in [-0.39, 0.29) is 11.4 Å². The summed E-state index contributed by atoms with van der Waals surface area (Å²) in [5, 5.41) is 14.2. The summed E-state index contributed by atoms with van der Waals surface area (Å²) < 4.78 is 0. The first kappa shape index (κ1) is 16.3. The van der Waals surface area contributed by atoms with Gasteiger partial charge in [-0.05, 0) is 38.0 Å². The molecule has 2 N–H and O–H groups in total. The number of aliphatic hydroxyl groups excluding tert-OH is 1. The Morgan fingerprint density at radius 1 is 1.48 bits per heavy atom. The number of nitrogens with zero attached hydrogens (tertiary/aromatic N) is 1. The highest BCUT2D eigenvalue weighted by Gasteiger charge is 2.25. The van der Waals surface area contributed by atoms with Gasteiger partial charge in [-0.2, -0.15) is 0 Å². The fourth-order valence-corrected chi connectivity index (χ4v) is 2.76. The lowest BCUT2D eigenvalue weighted by Crippen LogP contribution is -2.45. The van der Waals surface area contributed by atoms with Crippen LogP contribution in [-0.4, -0.2) is 41.7 Å². The summed E-state index contributed by atoms with van der Waals surface area (Å²) in [5.41, 5.74) is 0.778. The average Bonchev–Trinajstić information content (AvgIpc) is 2.82. The smallest absolute Gasteiger partial charge is 0.222 e. The molecule has 0 aromatic heterocycles. The number of hydrogen-bond acceptors (Lipinski definition) is 3. The zero-order chi connectivity index (χ0) is 15.5. The molecule has 0 unspecified atom stereocenters. The van der Waals surface area contributed by atoms with E-state index in [2.05, 4.69) is 5.32 Å². The standard InChI is InChI=1S/C16H23ClN2O2/c1-16(2,12-5-3-6-13(17)9-12)18-10-14(20)11-19-8-4-7-15(19)21/h3,5-6,9,14,18,20H,4,7-8,10-11H2,1-2H3/t14-/m0/s1. The third-order valence-electron chi connectivity index (χ3n) is 3.93. The van der Waals surface area contributed by atoms with Crippen molar-refractivity contribution in [2.45, 2.75) is 38.3 Å². The van der Waals surface area contributed by atoms with Gasteiger partial charge in [-0.15, -0.1) is 0 Å². The molecule has 1 amide bonds. The number of aliphatic hydroxyl groups is 1. The largest absolute Gasteiger partial charge is 0.390 e. The maximum atomic E-state index is 11.5. The van der Waals surface area contributed by atoms with Crippen molar-refractivity contribution in [1.29, 1.82) is 0 Å². The van der Waals surface area contributed by atoms with Crippen LogP contribution in [0.15, 0.2) is 24.3 Å². The molecule has 1 aromatic carbocycles. The highest BCUT2D eigenvalue weighted by atomic mass is 35.5. The zero-order valence-electron chi connectivity index (χ0n) is 12.6. The molecule has 116 valence electrons. The van der Waals surface area contributed by atoms with Gasteiger partial charge in [0.25, 0.3) is 0 Å². The first-order valence-corrected chi connectivity index (χ1v) is 7.73. The van der Waals surface area contributed by atoms with E-state index in [9.17, 15) is 9.90 Å². The minimum absolute atomic E-state index is 0.142. The molecule has 0 radical (unpaired) electrons. The predicted octanol–water partition coefficient (Wildman–Crippen LogP) is 2.15. The van der Waals surface area contributed by atoms with Crippen LogP contribution in [0.4, 0.5) is 0 Å². The van der Waals surface area contributed by atoms with Crippen LogP contribution < -0.4 is 5.32 Å². The van der Waals surface area contributed by atoms with Gasteiger partial charge in [0.15, 0.2) is 0 Å². The number of rotatable bonds is 6. The Balaban J connectivity index is 1.87. The molecule has 1 atom stereocenters. The quantitative estimate of drug-likeness (QED) is 0.846. The molecule has 1 aliphatic heterocycles. The lowest BCUT2D eigenvalue weighted by molar-refractivity contribution is -0.128. The molecule has 1 aliphatic rings. The van der Waals surface area contributed by atoms with E-state index < -0.39 is 6.10 Å². The van der Waals surface area contributed by atoms with Gasteiger partial charge in [0.2, 0.25) is 5.91 Å². The second-order valence-corrected chi connectivity index (χ2v) is 6.55. The average molecular weight is 311 g/mol. The highest BCUT2D eigenvalue weighted by molar-refractivity contribution is 6.30. The van der Waals surface area contributed by atoms with Gasteiger partial charge >= 0.3 is 0 Å². The summed E-state index contributed by atoms with van der Waals surface area (Å²) in [5.74, 6) is 0.142. The highest BCUT2D eigenvalue weighted by Crippen LogP contribution is 2.23. The number of amides is 1. The third kappa shape index (κ3) is 4.43. The molecule has 5 heteroatoms. The van der Waals surface area contributed by atoms with Crippen LogP contribution >= 0.6 is 11.6 Å². The van der Waals surface area contributed by atoms with E-state index in [1.165, 1.54) is 0 Å². The predicted molar refractivity (Wildman–Crippen MR) is 84.3 cm³/mol. The third-order valence-corrected chi connectivity index (χ3v) is 4.16. The van der Waals surface area contributed by atoms with E-state index in [4.69, 9.17) is 11.6 Å². The summed E-state index contributed by atoms with van der Waals surface area (Å²) in [4.78, 5) is 13.3. The van der Waals surface area contributed by atoms with Crippen molar-refractivity contribution in [3.05, 3.63) is 34.9 Å². The van der Waals surface area contributed by atoms with Crippen LogP contribution in [-0.2, 0) is 10.3 Å². The molecule has 0 aliphatic carbocycles. The Morgan fingerprint density at radius 3 is 2.86 bits per heavy atom. The molecular weight excluding hydrogens is 288 g/mol. The number of hydrogen-bond donors (Lipinski definition) is 2. The number of carbonyl (C=O) groups is 1. The van der Waals surface area contributed by atoms with Gasteiger partial charge in [0.05, 0.1) is 6.10 Å². The van der Waals surface area contributed by atoms with Crippen LogP contribution in [0.2, 0.25) is 5.02 Å². The summed E-state index contributed by atoms with van der Waals surface area (Å²) in [6.07, 6.45) is 0.937. The number of halogens is 1. The van der Waals surface area contributed by atoms with E-state index in [1.54, 1.807) is 4.90 Å². The van der Waals surface area contributed by atoms with Crippen LogP contribution in [0.1, 0.15) is 32.3 Å². The van der Waals surface area contributed by atoms with Crippen molar-refractivity contribution in [2.75, 3.05) is 19.6 Å². The molecule has 21 heavy (non-hydrogen) atoms. The summed E-state index contributed by atoms with van der Waals surface area (Å²) in [7, 11) is 0. The zero-order valence-corrected chi connectivity index (χ0v) is 13.4. The number of nitrogens with one attached hydrogen (secondary N) is 1. The molecule has 1 fully saturated rings. The van der Waals surface area contributed by atoms with E-state index >= 15 is 0 Å². The van der Waals surface area contributed by atoms with Gasteiger partial charge in [-0.1, -0.05) is 23.7 Å². The van der Waals surface area contributed by atoms with Gasteiger partial charge < -0.3 is 15.3 Å². The molecular formula is C16H23ClN2O2. The van der Waals surface area contributed by atoms with Crippen LogP contribution in [0.3, 0.4) is 0 Å². The monoisotopic (exact) mass is 310 g/mol. The van der Waals surface area contributed by atoms with Crippen LogP contribution in [0.5, 0.6) is 0 Å². The van der Waals surface area contributed by atoms with Crippen molar-refractivity contribution in [3.63, 3.8) is 0 Å². The fourth-order valence-electron chi connectivity index (χ4n) is 2.57. The Morgan fingerprint density at radius 2 is 2.24 bits per heavy atom. The Labute approximate surface area is 131 Å². The van der Waals surface area contributed by atoms with E-state index in [0.717, 1.165) is 18.5 Å². The van der Waals surface area contributed by atoms with Gasteiger partial charge in [-0.25, -0.2) is 0 Å². The second-order valence-electron chi connectivity index (χ2n) is 6.11. The normalized spacial score (nSPS) is 17.3. The summed E-state index contributed by atoms with van der Waals surface area (Å²) in [6.45, 7) is 5.69. The molecule has 4 nitrogen and oxygen atoms in total. The molecule has 1 heterocycles. The number of benzene rings is 1. The molecule has 1 aromatic rings. The molecule has 0 saturated carbocycles. The summed E-state index contributed by atoms with van der Waals surface area (Å²) >= 11 is 6.02. The van der Waals surface area contributed by atoms with E-state index in [0.29, 0.717) is 24.5 Å². The minimum Gasteiger partial charge on any atom is -0.390 e. The van der Waals surface area contributed by atoms with Gasteiger partial charge in [-0.3, -0.25) is 4.79 Å². The van der Waals surface area contributed by atoms with Gasteiger partial charge in [0.1, 0.15) is 0 Å². The number of likely N-dealkylation sites (tertiary alicyclic amines) is 1. The van der Waals surface area contributed by atoms with Crippen LogP contribution in [0.25, 0.3) is 0 Å². The molecule has 1 saturated heterocycles. The van der Waals surface area contributed by atoms with Gasteiger partial charge in [0, 0.05) is 36.6 Å².